The number of nitrogens with zero attached hydrogens (tertiary/aromatic N) is 2. The molecule has 0 bridgehead atoms. The molecule has 1 saturated heterocycles. The van der Waals surface area contributed by atoms with Gasteiger partial charge in [0.25, 0.3) is 0 Å². The topological polar surface area (TPSA) is 89.6 Å². The predicted octanol–water partition coefficient (Wildman–Crippen LogP) is 4.05. The lowest BCUT2D eigenvalue weighted by atomic mass is 10.2. The van der Waals surface area contributed by atoms with Crippen LogP contribution >= 0.6 is 0 Å². The fourth-order valence-corrected chi connectivity index (χ4v) is 3.87. The Morgan fingerprint density at radius 2 is 1.06 bits per heavy atom. The Morgan fingerprint density at radius 3 is 1.44 bits per heavy atom. The second-order valence-corrected chi connectivity index (χ2v) is 8.59. The number of carbonyl (C=O) groups is 2. The summed E-state index contributed by atoms with van der Waals surface area (Å²) in [4.78, 5) is 29.0. The largest absolute Gasteiger partial charge is 0.497 e. The van der Waals surface area contributed by atoms with Crippen LogP contribution in [0.3, 0.4) is 0 Å². The molecule has 1 aliphatic heterocycles. The number of hydrogen-bond acceptors (Lipinski definition) is 7. The van der Waals surface area contributed by atoms with E-state index in [4.69, 9.17) is 18.9 Å². The Balaban J connectivity index is 1.50. The molecule has 3 rings (SSSR count). The van der Waals surface area contributed by atoms with Crippen LogP contribution in [-0.4, -0.2) is 75.5 Å². The van der Waals surface area contributed by atoms with Gasteiger partial charge in [-0.2, -0.15) is 0 Å². The van der Waals surface area contributed by atoms with E-state index in [1.165, 1.54) is 0 Å². The van der Waals surface area contributed by atoms with Gasteiger partial charge in [-0.05, 0) is 67.7 Å². The monoisotopic (exact) mass is 499 g/mol. The van der Waals surface area contributed by atoms with Gasteiger partial charge in [-0.15, -0.1) is 0 Å². The molecule has 2 aromatic carbocycles. The van der Waals surface area contributed by atoms with Crippen LogP contribution < -0.4 is 14.8 Å². The van der Waals surface area contributed by atoms with Crippen molar-refractivity contribution in [3.63, 3.8) is 0 Å². The molecule has 2 amide bonds. The van der Waals surface area contributed by atoms with E-state index in [2.05, 4.69) is 5.32 Å². The summed E-state index contributed by atoms with van der Waals surface area (Å²) < 4.78 is 21.4. The molecule has 9 heteroatoms. The fourth-order valence-electron chi connectivity index (χ4n) is 3.87. The first-order chi connectivity index (χ1) is 17.6. The second kappa shape index (κ2) is 14.8. The number of hydrogen-bond donors (Lipinski definition) is 1. The van der Waals surface area contributed by atoms with E-state index in [0.29, 0.717) is 32.6 Å². The summed E-state index contributed by atoms with van der Waals surface area (Å²) in [6.45, 7) is 4.18. The molecule has 0 radical (unpaired) electrons. The number of benzene rings is 2. The summed E-state index contributed by atoms with van der Waals surface area (Å²) in [5, 5.41) is 3.38. The molecular weight excluding hydrogens is 462 g/mol. The van der Waals surface area contributed by atoms with Crippen molar-refractivity contribution < 1.29 is 28.5 Å². The van der Waals surface area contributed by atoms with Crippen LogP contribution in [-0.2, 0) is 22.7 Å². The first-order valence-electron chi connectivity index (χ1n) is 12.4. The molecule has 1 fully saturated rings. The Kier molecular flexibility index (Phi) is 11.2. The minimum atomic E-state index is -0.350. The average molecular weight is 500 g/mol. The molecule has 9 nitrogen and oxygen atoms in total. The number of nitrogens with one attached hydrogen (secondary N) is 1. The van der Waals surface area contributed by atoms with Crippen molar-refractivity contribution in [3.05, 3.63) is 59.7 Å². The number of ether oxygens (including phenoxy) is 4. The van der Waals surface area contributed by atoms with Gasteiger partial charge in [0.1, 0.15) is 24.7 Å². The maximum atomic E-state index is 12.8. The molecule has 1 N–H and O–H groups in total. The number of carbonyl (C=O) groups excluding carboxylic acids is 2. The molecule has 0 unspecified atom stereocenters. The molecule has 2 aromatic rings. The maximum Gasteiger partial charge on any atom is 0.410 e. The smallest absolute Gasteiger partial charge is 0.410 e. The lowest BCUT2D eigenvalue weighted by Gasteiger charge is -2.26. The van der Waals surface area contributed by atoms with E-state index < -0.39 is 0 Å². The van der Waals surface area contributed by atoms with Crippen LogP contribution in [0.15, 0.2) is 48.5 Å². The van der Waals surface area contributed by atoms with E-state index in [0.717, 1.165) is 48.6 Å². The van der Waals surface area contributed by atoms with Crippen LogP contribution in [0, 0.1) is 0 Å². The number of methoxy groups -OCH3 is 2. The second-order valence-electron chi connectivity index (χ2n) is 8.59. The van der Waals surface area contributed by atoms with Gasteiger partial charge in [0.05, 0.1) is 14.2 Å². The standard InChI is InChI=1S/C27H37N3O6/c1-33-24-10-6-22(7-11-24)20-35-26(31)29-16-3-14-28-15-4-17-30(19-5-18-29)27(32)36-21-23-8-12-25(34-2)13-9-23/h6-13,28H,3-5,14-21H2,1-2H3. The third-order valence-corrected chi connectivity index (χ3v) is 5.98. The minimum Gasteiger partial charge on any atom is -0.497 e. The molecule has 1 heterocycles. The fraction of sp³-hybridized carbons (Fsp3) is 0.481. The molecule has 0 aromatic heterocycles. The quantitative estimate of drug-likeness (QED) is 0.641. The van der Waals surface area contributed by atoms with Crippen molar-refractivity contribution in [3.8, 4) is 11.5 Å². The number of amides is 2. The van der Waals surface area contributed by atoms with E-state index in [-0.39, 0.29) is 25.4 Å². The van der Waals surface area contributed by atoms with E-state index in [1.54, 1.807) is 24.0 Å². The zero-order chi connectivity index (χ0) is 25.6. The van der Waals surface area contributed by atoms with Gasteiger partial charge in [-0.1, -0.05) is 24.3 Å². The molecule has 1 aliphatic rings. The first kappa shape index (κ1) is 27.1. The Bertz CT molecular complexity index is 860. The minimum absolute atomic E-state index is 0.196. The van der Waals surface area contributed by atoms with Gasteiger partial charge >= 0.3 is 12.2 Å². The zero-order valence-corrected chi connectivity index (χ0v) is 21.2. The van der Waals surface area contributed by atoms with Crippen molar-refractivity contribution in [2.45, 2.75) is 32.5 Å². The van der Waals surface area contributed by atoms with E-state index in [1.807, 2.05) is 48.5 Å². The highest BCUT2D eigenvalue weighted by Crippen LogP contribution is 2.14. The lowest BCUT2D eigenvalue weighted by molar-refractivity contribution is 0.0859. The average Bonchev–Trinajstić information content (AvgIpc) is 2.91. The Morgan fingerprint density at radius 1 is 0.667 bits per heavy atom. The normalized spacial score (nSPS) is 15.3. The maximum absolute atomic E-state index is 12.8. The zero-order valence-electron chi connectivity index (χ0n) is 21.2. The molecule has 196 valence electrons. The van der Waals surface area contributed by atoms with Crippen LogP contribution in [0.5, 0.6) is 11.5 Å². The summed E-state index contributed by atoms with van der Waals surface area (Å²) in [5.74, 6) is 1.51. The van der Waals surface area contributed by atoms with Crippen molar-refractivity contribution in [1.82, 2.24) is 15.1 Å². The highest BCUT2D eigenvalue weighted by Gasteiger charge is 2.19. The summed E-state index contributed by atoms with van der Waals surface area (Å²) >= 11 is 0. The Hall–Kier alpha value is -3.46. The number of rotatable bonds is 6. The molecule has 0 saturated carbocycles. The van der Waals surface area contributed by atoms with Crippen LogP contribution in [0.25, 0.3) is 0 Å². The molecule has 0 atom stereocenters. The van der Waals surface area contributed by atoms with E-state index >= 15 is 0 Å². The van der Waals surface area contributed by atoms with Crippen LogP contribution in [0.4, 0.5) is 9.59 Å². The summed E-state index contributed by atoms with van der Waals surface area (Å²) in [6.07, 6.45) is 1.62. The third kappa shape index (κ3) is 8.96. The molecule has 0 spiro atoms. The van der Waals surface area contributed by atoms with Gasteiger partial charge in [0, 0.05) is 26.2 Å². The lowest BCUT2D eigenvalue weighted by Crippen LogP contribution is -2.40. The van der Waals surface area contributed by atoms with Gasteiger partial charge in [-0.3, -0.25) is 0 Å². The predicted molar refractivity (Wildman–Crippen MR) is 136 cm³/mol. The molecule has 36 heavy (non-hydrogen) atoms. The summed E-state index contributed by atoms with van der Waals surface area (Å²) in [7, 11) is 3.23. The van der Waals surface area contributed by atoms with Crippen molar-refractivity contribution in [1.29, 1.82) is 0 Å². The first-order valence-corrected chi connectivity index (χ1v) is 12.4. The van der Waals surface area contributed by atoms with Crippen molar-refractivity contribution in [2.75, 3.05) is 53.5 Å². The highest BCUT2D eigenvalue weighted by atomic mass is 16.6. The van der Waals surface area contributed by atoms with Gasteiger partial charge < -0.3 is 34.1 Å². The van der Waals surface area contributed by atoms with Crippen LogP contribution in [0.1, 0.15) is 30.4 Å². The van der Waals surface area contributed by atoms with Crippen molar-refractivity contribution in [2.24, 2.45) is 0 Å². The molecular formula is C27H37N3O6. The van der Waals surface area contributed by atoms with Gasteiger partial charge in [-0.25, -0.2) is 9.59 Å². The van der Waals surface area contributed by atoms with Crippen molar-refractivity contribution >= 4 is 12.2 Å². The third-order valence-electron chi connectivity index (χ3n) is 5.98. The van der Waals surface area contributed by atoms with Crippen LogP contribution in [0.2, 0.25) is 0 Å². The summed E-state index contributed by atoms with van der Waals surface area (Å²) in [6, 6.07) is 14.9. The highest BCUT2D eigenvalue weighted by molar-refractivity contribution is 5.68. The van der Waals surface area contributed by atoms with E-state index in [9.17, 15) is 9.59 Å². The summed E-state index contributed by atoms with van der Waals surface area (Å²) in [5.41, 5.74) is 1.79. The SMILES string of the molecule is COc1ccc(COC(=O)N2CCCNCCCN(C(=O)OCc3ccc(OC)cc3)CCC2)cc1. The van der Waals surface area contributed by atoms with Gasteiger partial charge in [0.15, 0.2) is 0 Å². The Labute approximate surface area is 213 Å². The molecule has 0 aliphatic carbocycles. The van der Waals surface area contributed by atoms with Gasteiger partial charge in [0.2, 0.25) is 0 Å².